The zero-order valence-corrected chi connectivity index (χ0v) is 17.7. The minimum Gasteiger partial charge on any atom is -0.492 e. The van der Waals surface area contributed by atoms with Gasteiger partial charge in [0.2, 0.25) is 0 Å². The Balaban J connectivity index is 1.58. The summed E-state index contributed by atoms with van der Waals surface area (Å²) in [6.07, 6.45) is 0. The smallest absolute Gasteiger partial charge is 0.261 e. The predicted molar refractivity (Wildman–Crippen MR) is 112 cm³/mol. The van der Waals surface area contributed by atoms with E-state index in [1.807, 2.05) is 0 Å². The van der Waals surface area contributed by atoms with E-state index >= 15 is 0 Å². The molecule has 3 aromatic rings. The molecule has 0 radical (unpaired) electrons. The van der Waals surface area contributed by atoms with Crippen molar-refractivity contribution in [2.24, 2.45) is 0 Å². The molecule has 0 spiro atoms. The topological polar surface area (TPSA) is 75.7 Å². The van der Waals surface area contributed by atoms with Crippen LogP contribution in [0.3, 0.4) is 0 Å². The van der Waals surface area contributed by atoms with E-state index < -0.39 is 26.6 Å². The summed E-state index contributed by atoms with van der Waals surface area (Å²) in [6, 6.07) is 13.4. The van der Waals surface area contributed by atoms with Gasteiger partial charge in [-0.3, -0.25) is 9.52 Å². The van der Waals surface area contributed by atoms with Gasteiger partial charge in [0, 0.05) is 18.3 Å². The predicted octanol–water partition coefficient (Wildman–Crippen LogP) is 4.06. The van der Waals surface area contributed by atoms with Crippen molar-refractivity contribution in [3.8, 4) is 5.75 Å². The first-order valence-corrected chi connectivity index (χ1v) is 10.9. The highest BCUT2D eigenvalue weighted by Crippen LogP contribution is 2.19. The number of hydrogen-bond donors (Lipinski definition) is 1. The van der Waals surface area contributed by atoms with Crippen LogP contribution in [0.15, 0.2) is 71.6 Å². The second kappa shape index (κ2) is 9.73. The fourth-order valence-electron chi connectivity index (χ4n) is 2.69. The third-order valence-corrected chi connectivity index (χ3v) is 5.82. The van der Waals surface area contributed by atoms with Crippen molar-refractivity contribution in [2.45, 2.75) is 4.90 Å². The molecule has 0 heterocycles. The summed E-state index contributed by atoms with van der Waals surface area (Å²) in [6.45, 7) is 0.459. The minimum atomic E-state index is -4.14. The first-order chi connectivity index (χ1) is 15.2. The number of carbonyl (C=O) groups excluding carboxylic acids is 1. The number of carbonyl (C=O) groups is 1. The Morgan fingerprint density at radius 3 is 2.22 bits per heavy atom. The molecule has 6 nitrogen and oxygen atoms in total. The maximum absolute atomic E-state index is 13.3. The molecule has 3 aromatic carbocycles. The Morgan fingerprint density at radius 2 is 1.59 bits per heavy atom. The molecule has 32 heavy (non-hydrogen) atoms. The number of anilines is 1. The summed E-state index contributed by atoms with van der Waals surface area (Å²) >= 11 is 0. The first-order valence-electron chi connectivity index (χ1n) is 9.37. The van der Waals surface area contributed by atoms with Gasteiger partial charge in [-0.25, -0.2) is 21.6 Å². The van der Waals surface area contributed by atoms with Gasteiger partial charge in [-0.1, -0.05) is 0 Å². The second-order valence-corrected chi connectivity index (χ2v) is 8.47. The van der Waals surface area contributed by atoms with E-state index in [0.29, 0.717) is 17.4 Å². The van der Waals surface area contributed by atoms with Gasteiger partial charge in [-0.15, -0.1) is 0 Å². The lowest BCUT2D eigenvalue weighted by molar-refractivity contribution is 0.0774. The lowest BCUT2D eigenvalue weighted by Crippen LogP contribution is -2.30. The molecule has 0 saturated carbocycles. The maximum atomic E-state index is 13.3. The standard InChI is InChI=1S/C22H19F3N2O4S/c1-27(12-13-31-18-8-4-16(23)5-9-18)22(28)15-2-6-17(7-3-15)26-32(29,30)19-10-11-20(24)21(25)14-19/h2-11,14,26H,12-13H2,1H3. The highest BCUT2D eigenvalue weighted by molar-refractivity contribution is 7.92. The van der Waals surface area contributed by atoms with Crippen molar-refractivity contribution in [3.05, 3.63) is 89.7 Å². The number of sulfonamides is 1. The Labute approximate surface area is 183 Å². The summed E-state index contributed by atoms with van der Waals surface area (Å²) in [7, 11) is -2.56. The summed E-state index contributed by atoms with van der Waals surface area (Å²) in [5.41, 5.74) is 0.457. The van der Waals surface area contributed by atoms with Crippen molar-refractivity contribution in [1.82, 2.24) is 4.90 Å². The maximum Gasteiger partial charge on any atom is 0.261 e. The van der Waals surface area contributed by atoms with Crippen LogP contribution in [0.4, 0.5) is 18.9 Å². The largest absolute Gasteiger partial charge is 0.492 e. The molecule has 0 saturated heterocycles. The third-order valence-electron chi connectivity index (χ3n) is 4.44. The van der Waals surface area contributed by atoms with Crippen molar-refractivity contribution < 1.29 is 31.1 Å². The fraction of sp³-hybridized carbons (Fsp3) is 0.136. The van der Waals surface area contributed by atoms with Crippen LogP contribution in [0.2, 0.25) is 0 Å². The van der Waals surface area contributed by atoms with Crippen LogP contribution in [0.1, 0.15) is 10.4 Å². The number of nitrogens with one attached hydrogen (secondary N) is 1. The molecule has 0 aliphatic carbocycles. The lowest BCUT2D eigenvalue weighted by Gasteiger charge is -2.18. The van der Waals surface area contributed by atoms with Crippen LogP contribution in [0.5, 0.6) is 5.75 Å². The van der Waals surface area contributed by atoms with Gasteiger partial charge in [0.25, 0.3) is 15.9 Å². The van der Waals surface area contributed by atoms with E-state index in [4.69, 9.17) is 4.74 Å². The van der Waals surface area contributed by atoms with E-state index in [9.17, 15) is 26.4 Å². The van der Waals surface area contributed by atoms with E-state index in [0.717, 1.165) is 12.1 Å². The Morgan fingerprint density at radius 1 is 0.938 bits per heavy atom. The molecule has 168 valence electrons. The highest BCUT2D eigenvalue weighted by atomic mass is 32.2. The molecule has 0 aliphatic rings. The molecule has 0 bridgehead atoms. The SMILES string of the molecule is CN(CCOc1ccc(F)cc1)C(=O)c1ccc(NS(=O)(=O)c2ccc(F)c(F)c2)cc1. The molecule has 10 heteroatoms. The van der Waals surface area contributed by atoms with E-state index in [-0.39, 0.29) is 30.6 Å². The Kier molecular flexibility index (Phi) is 7.04. The van der Waals surface area contributed by atoms with Crippen LogP contribution < -0.4 is 9.46 Å². The number of ether oxygens (including phenoxy) is 1. The van der Waals surface area contributed by atoms with Crippen molar-refractivity contribution in [3.63, 3.8) is 0 Å². The third kappa shape index (κ3) is 5.79. The zero-order chi connectivity index (χ0) is 23.3. The Bertz CT molecular complexity index is 1200. The number of halogens is 3. The average Bonchev–Trinajstić information content (AvgIpc) is 2.76. The van der Waals surface area contributed by atoms with Gasteiger partial charge in [0.05, 0.1) is 11.4 Å². The number of amides is 1. The first kappa shape index (κ1) is 23.1. The monoisotopic (exact) mass is 464 g/mol. The fourth-order valence-corrected chi connectivity index (χ4v) is 3.76. The summed E-state index contributed by atoms with van der Waals surface area (Å²) in [4.78, 5) is 13.5. The molecule has 0 aliphatic heterocycles. The van der Waals surface area contributed by atoms with Crippen molar-refractivity contribution in [2.75, 3.05) is 24.9 Å². The molecule has 3 rings (SSSR count). The van der Waals surface area contributed by atoms with Gasteiger partial charge in [0.15, 0.2) is 11.6 Å². The van der Waals surface area contributed by atoms with E-state index in [1.54, 1.807) is 7.05 Å². The molecule has 0 unspecified atom stereocenters. The number of benzene rings is 3. The molecular formula is C22H19F3N2O4S. The normalized spacial score (nSPS) is 11.1. The zero-order valence-electron chi connectivity index (χ0n) is 16.9. The molecule has 0 aromatic heterocycles. The van der Waals surface area contributed by atoms with Crippen LogP contribution in [0, 0.1) is 17.5 Å². The van der Waals surface area contributed by atoms with Crippen molar-refractivity contribution >= 4 is 21.6 Å². The molecular weight excluding hydrogens is 445 g/mol. The number of likely N-dealkylation sites (N-methyl/N-ethyl adjacent to an activating group) is 1. The van der Waals surface area contributed by atoms with E-state index in [2.05, 4.69) is 4.72 Å². The summed E-state index contributed by atoms with van der Waals surface area (Å²) < 4.78 is 71.6. The van der Waals surface area contributed by atoms with Gasteiger partial charge in [-0.05, 0) is 66.7 Å². The average molecular weight is 464 g/mol. The van der Waals surface area contributed by atoms with E-state index in [1.165, 1.54) is 53.4 Å². The lowest BCUT2D eigenvalue weighted by atomic mass is 10.2. The van der Waals surface area contributed by atoms with Crippen LogP contribution >= 0.6 is 0 Å². The molecule has 0 atom stereocenters. The summed E-state index contributed by atoms with van der Waals surface area (Å²) in [5, 5.41) is 0. The molecule has 1 amide bonds. The highest BCUT2D eigenvalue weighted by Gasteiger charge is 2.17. The van der Waals surface area contributed by atoms with Crippen molar-refractivity contribution in [1.29, 1.82) is 0 Å². The Hall–Kier alpha value is -3.53. The van der Waals surface area contributed by atoms with Gasteiger partial charge < -0.3 is 9.64 Å². The van der Waals surface area contributed by atoms with Crippen LogP contribution in [0.25, 0.3) is 0 Å². The van der Waals surface area contributed by atoms with Crippen LogP contribution in [-0.2, 0) is 10.0 Å². The molecule has 1 N–H and O–H groups in total. The summed E-state index contributed by atoms with van der Waals surface area (Å²) in [5.74, 6) is -2.65. The van der Waals surface area contributed by atoms with Gasteiger partial charge in [-0.2, -0.15) is 0 Å². The molecule has 0 fully saturated rings. The quantitative estimate of drug-likeness (QED) is 0.546. The second-order valence-electron chi connectivity index (χ2n) is 6.79. The van der Waals surface area contributed by atoms with Crippen LogP contribution in [-0.4, -0.2) is 39.4 Å². The minimum absolute atomic E-state index is 0.147. The number of nitrogens with zero attached hydrogens (tertiary/aromatic N) is 1. The van der Waals surface area contributed by atoms with Gasteiger partial charge >= 0.3 is 0 Å². The number of rotatable bonds is 8. The van der Waals surface area contributed by atoms with Gasteiger partial charge in [0.1, 0.15) is 18.2 Å². The number of hydrogen-bond acceptors (Lipinski definition) is 4.